The largest absolute Gasteiger partial charge is 0.373 e. The van der Waals surface area contributed by atoms with Gasteiger partial charge in [0.15, 0.2) is 0 Å². The average Bonchev–Trinajstić information content (AvgIpc) is 2.68. The monoisotopic (exact) mass is 433 g/mol. The van der Waals surface area contributed by atoms with E-state index in [1.54, 1.807) is 19.1 Å². The van der Waals surface area contributed by atoms with Gasteiger partial charge in [0.25, 0.3) is 11.6 Å². The fourth-order valence-corrected chi connectivity index (χ4v) is 4.93. The van der Waals surface area contributed by atoms with Crippen LogP contribution in [0, 0.1) is 17.0 Å². The molecule has 0 saturated carbocycles. The fraction of sp³-hybridized carbons (Fsp3) is 0.350. The Bertz CT molecular complexity index is 1060. The molecule has 1 fully saturated rings. The van der Waals surface area contributed by atoms with Crippen molar-refractivity contribution in [1.29, 1.82) is 0 Å². The molecule has 0 bridgehead atoms. The first-order valence-electron chi connectivity index (χ1n) is 9.40. The molecule has 0 spiro atoms. The third kappa shape index (κ3) is 4.66. The predicted octanol–water partition coefficient (Wildman–Crippen LogP) is 2.95. The number of carbonyl (C=O) groups is 1. The molecule has 1 saturated heterocycles. The van der Waals surface area contributed by atoms with E-state index in [2.05, 4.69) is 5.32 Å². The van der Waals surface area contributed by atoms with Crippen molar-refractivity contribution in [1.82, 2.24) is 4.31 Å². The van der Waals surface area contributed by atoms with E-state index in [0.717, 1.165) is 0 Å². The van der Waals surface area contributed by atoms with Crippen LogP contribution in [0.25, 0.3) is 0 Å². The Morgan fingerprint density at radius 3 is 2.30 bits per heavy atom. The summed E-state index contributed by atoms with van der Waals surface area (Å²) in [6.45, 7) is 5.78. The van der Waals surface area contributed by atoms with Crippen LogP contribution in [0.1, 0.15) is 29.8 Å². The molecule has 1 amide bonds. The molecule has 2 aromatic carbocycles. The Kier molecular flexibility index (Phi) is 6.20. The number of morpholine rings is 1. The summed E-state index contributed by atoms with van der Waals surface area (Å²) in [6, 6.07) is 10.00. The summed E-state index contributed by atoms with van der Waals surface area (Å²) in [5.41, 5.74) is 0.911. The Balaban J connectivity index is 1.76. The first kappa shape index (κ1) is 21.9. The number of nitro benzene ring substituents is 1. The van der Waals surface area contributed by atoms with E-state index in [0.29, 0.717) is 5.56 Å². The number of hydrogen-bond donors (Lipinski definition) is 1. The molecule has 0 aliphatic carbocycles. The minimum Gasteiger partial charge on any atom is -0.373 e. The lowest BCUT2D eigenvalue weighted by Crippen LogP contribution is -2.48. The van der Waals surface area contributed by atoms with Crippen molar-refractivity contribution in [3.05, 3.63) is 63.7 Å². The smallest absolute Gasteiger partial charge is 0.274 e. The van der Waals surface area contributed by atoms with Gasteiger partial charge in [0.2, 0.25) is 10.0 Å². The highest BCUT2D eigenvalue weighted by Crippen LogP contribution is 2.24. The topological polar surface area (TPSA) is 119 Å². The van der Waals surface area contributed by atoms with E-state index in [9.17, 15) is 23.3 Å². The van der Waals surface area contributed by atoms with Gasteiger partial charge in [-0.2, -0.15) is 4.31 Å². The third-order valence-corrected chi connectivity index (χ3v) is 6.65. The zero-order chi connectivity index (χ0) is 22.1. The van der Waals surface area contributed by atoms with Gasteiger partial charge >= 0.3 is 0 Å². The summed E-state index contributed by atoms with van der Waals surface area (Å²) >= 11 is 0. The lowest BCUT2D eigenvalue weighted by atomic mass is 10.1. The van der Waals surface area contributed by atoms with Crippen LogP contribution in [0.4, 0.5) is 11.4 Å². The van der Waals surface area contributed by atoms with Crippen molar-refractivity contribution in [3.63, 3.8) is 0 Å². The summed E-state index contributed by atoms with van der Waals surface area (Å²) in [5.74, 6) is -0.495. The number of nitrogens with zero attached hydrogens (tertiary/aromatic N) is 2. The number of sulfonamides is 1. The molecule has 160 valence electrons. The summed E-state index contributed by atoms with van der Waals surface area (Å²) in [4.78, 5) is 23.1. The van der Waals surface area contributed by atoms with Gasteiger partial charge in [0.05, 0.1) is 22.0 Å². The number of hydrogen-bond acceptors (Lipinski definition) is 6. The van der Waals surface area contributed by atoms with E-state index in [1.165, 1.54) is 34.6 Å². The van der Waals surface area contributed by atoms with Crippen LogP contribution >= 0.6 is 0 Å². The molecule has 2 atom stereocenters. The van der Waals surface area contributed by atoms with E-state index in [1.807, 2.05) is 13.8 Å². The van der Waals surface area contributed by atoms with Gasteiger partial charge in [-0.15, -0.1) is 0 Å². The Hall–Kier alpha value is -2.82. The molecule has 9 nitrogen and oxygen atoms in total. The number of benzene rings is 2. The molecule has 3 rings (SSSR count). The van der Waals surface area contributed by atoms with Crippen LogP contribution in [0.2, 0.25) is 0 Å². The molecular formula is C20H23N3O6S. The van der Waals surface area contributed by atoms with Gasteiger partial charge in [-0.25, -0.2) is 8.42 Å². The number of ether oxygens (including phenoxy) is 1. The van der Waals surface area contributed by atoms with Gasteiger partial charge < -0.3 is 10.1 Å². The first-order valence-corrected chi connectivity index (χ1v) is 10.8. The minimum absolute atomic E-state index is 0.0892. The number of anilines is 1. The number of aryl methyl sites for hydroxylation is 1. The molecule has 30 heavy (non-hydrogen) atoms. The summed E-state index contributed by atoms with van der Waals surface area (Å²) in [5, 5.41) is 13.7. The van der Waals surface area contributed by atoms with Gasteiger partial charge in [0.1, 0.15) is 0 Å². The number of nitrogens with one attached hydrogen (secondary N) is 1. The van der Waals surface area contributed by atoms with Crippen molar-refractivity contribution in [2.75, 3.05) is 18.4 Å². The maximum absolute atomic E-state index is 12.9. The lowest BCUT2D eigenvalue weighted by Gasteiger charge is -2.34. The second-order valence-corrected chi connectivity index (χ2v) is 9.25. The van der Waals surface area contributed by atoms with Crippen LogP contribution in [0.5, 0.6) is 0 Å². The summed E-state index contributed by atoms with van der Waals surface area (Å²) < 4.78 is 32.7. The highest BCUT2D eigenvalue weighted by Gasteiger charge is 2.32. The summed E-state index contributed by atoms with van der Waals surface area (Å²) in [6.07, 6.45) is -0.403. The molecule has 1 N–H and O–H groups in total. The fourth-order valence-electron chi connectivity index (χ4n) is 3.34. The van der Waals surface area contributed by atoms with Crippen molar-refractivity contribution in [2.24, 2.45) is 0 Å². The normalized spacial score (nSPS) is 20.0. The number of rotatable bonds is 5. The van der Waals surface area contributed by atoms with Crippen LogP contribution in [0.15, 0.2) is 47.4 Å². The Morgan fingerprint density at radius 1 is 1.13 bits per heavy atom. The highest BCUT2D eigenvalue weighted by molar-refractivity contribution is 7.89. The van der Waals surface area contributed by atoms with E-state index in [4.69, 9.17) is 4.74 Å². The lowest BCUT2D eigenvalue weighted by molar-refractivity contribution is -0.385. The molecule has 0 aromatic heterocycles. The highest BCUT2D eigenvalue weighted by atomic mass is 32.2. The zero-order valence-corrected chi connectivity index (χ0v) is 17.7. The molecule has 1 aliphatic heterocycles. The van der Waals surface area contributed by atoms with Gasteiger partial charge in [-0.05, 0) is 51.1 Å². The second-order valence-electron chi connectivity index (χ2n) is 7.32. The van der Waals surface area contributed by atoms with Crippen molar-refractivity contribution < 1.29 is 22.9 Å². The maximum Gasteiger partial charge on any atom is 0.274 e. The Morgan fingerprint density at radius 2 is 1.73 bits per heavy atom. The molecular weight excluding hydrogens is 410 g/mol. The van der Waals surface area contributed by atoms with Gasteiger partial charge in [-0.1, -0.05) is 6.07 Å². The number of amides is 1. The standard InChI is InChI=1S/C20H23N3O6S/c1-13-4-7-17(10-19(13)23(25)26)21-20(24)16-5-8-18(9-6-16)30(27,28)22-11-14(2)29-15(3)12-22/h4-10,14-15H,11-12H2,1-3H3,(H,21,24). The molecule has 1 aliphatic rings. The van der Waals surface area contributed by atoms with Gasteiger partial charge in [0, 0.05) is 36.0 Å². The number of carbonyl (C=O) groups excluding carboxylic acids is 1. The molecule has 1 heterocycles. The van der Waals surface area contributed by atoms with Crippen LogP contribution < -0.4 is 5.32 Å². The molecule has 2 aromatic rings. The van der Waals surface area contributed by atoms with E-state index in [-0.39, 0.29) is 47.1 Å². The minimum atomic E-state index is -3.70. The van der Waals surface area contributed by atoms with Crippen molar-refractivity contribution in [2.45, 2.75) is 37.9 Å². The Labute approximate surface area is 174 Å². The SMILES string of the molecule is Cc1ccc(NC(=O)c2ccc(S(=O)(=O)N3CC(C)OC(C)C3)cc2)cc1[N+](=O)[O-]. The van der Waals surface area contributed by atoms with E-state index < -0.39 is 20.9 Å². The zero-order valence-electron chi connectivity index (χ0n) is 16.9. The van der Waals surface area contributed by atoms with E-state index >= 15 is 0 Å². The first-order chi connectivity index (χ1) is 14.1. The van der Waals surface area contributed by atoms with Crippen molar-refractivity contribution in [3.8, 4) is 0 Å². The maximum atomic E-state index is 12.9. The van der Waals surface area contributed by atoms with Crippen LogP contribution in [0.3, 0.4) is 0 Å². The van der Waals surface area contributed by atoms with Gasteiger partial charge in [-0.3, -0.25) is 14.9 Å². The molecule has 0 radical (unpaired) electrons. The average molecular weight is 433 g/mol. The van der Waals surface area contributed by atoms with Crippen LogP contribution in [-0.4, -0.2) is 48.9 Å². The molecule has 2 unspecified atom stereocenters. The third-order valence-electron chi connectivity index (χ3n) is 4.80. The predicted molar refractivity (Wildman–Crippen MR) is 111 cm³/mol. The second kappa shape index (κ2) is 8.50. The quantitative estimate of drug-likeness (QED) is 0.572. The summed E-state index contributed by atoms with van der Waals surface area (Å²) in [7, 11) is -3.70. The van der Waals surface area contributed by atoms with Crippen molar-refractivity contribution >= 4 is 27.3 Å². The van der Waals surface area contributed by atoms with Crippen LogP contribution in [-0.2, 0) is 14.8 Å². The number of nitro groups is 1. The molecule has 10 heteroatoms.